The predicted molar refractivity (Wildman–Crippen MR) is 107 cm³/mol. The quantitative estimate of drug-likeness (QED) is 0.496. The molecule has 0 saturated carbocycles. The Labute approximate surface area is 157 Å². The molecule has 0 spiro atoms. The lowest BCUT2D eigenvalue weighted by Gasteiger charge is -2.01. The van der Waals surface area contributed by atoms with Crippen molar-refractivity contribution in [2.45, 2.75) is 0 Å². The second-order valence-electron chi connectivity index (χ2n) is 6.04. The smallest absolute Gasteiger partial charge is 0.363 e. The molecule has 0 radical (unpaired) electrons. The van der Waals surface area contributed by atoms with Gasteiger partial charge in [-0.2, -0.15) is 0 Å². The second kappa shape index (κ2) is 7.30. The van der Waals surface area contributed by atoms with E-state index in [4.69, 9.17) is 9.47 Å². The van der Waals surface area contributed by atoms with E-state index in [0.717, 1.165) is 27.6 Å². The summed E-state index contributed by atoms with van der Waals surface area (Å²) in [6, 6.07) is 21.6. The first-order valence-electron chi connectivity index (χ1n) is 8.55. The van der Waals surface area contributed by atoms with Crippen molar-refractivity contribution in [3.63, 3.8) is 0 Å². The van der Waals surface area contributed by atoms with Crippen LogP contribution in [-0.4, -0.2) is 19.0 Å². The van der Waals surface area contributed by atoms with Crippen molar-refractivity contribution in [2.24, 2.45) is 4.99 Å². The van der Waals surface area contributed by atoms with Crippen molar-refractivity contribution in [3.05, 3.63) is 89.6 Å². The summed E-state index contributed by atoms with van der Waals surface area (Å²) in [7, 11) is 1.63. The van der Waals surface area contributed by atoms with E-state index in [-0.39, 0.29) is 5.90 Å². The fourth-order valence-electron chi connectivity index (χ4n) is 2.90. The molecule has 132 valence electrons. The van der Waals surface area contributed by atoms with Crippen molar-refractivity contribution >= 4 is 34.8 Å². The Hall–Kier alpha value is -3.66. The topological polar surface area (TPSA) is 47.9 Å². The normalized spacial score (nSPS) is 15.4. The van der Waals surface area contributed by atoms with Crippen LogP contribution in [0, 0.1) is 0 Å². The fraction of sp³-hybridized carbons (Fsp3) is 0.0435. The molecule has 0 fully saturated rings. The minimum atomic E-state index is -0.447. The number of carbonyl (C=O) groups is 1. The van der Waals surface area contributed by atoms with Gasteiger partial charge < -0.3 is 9.47 Å². The number of fused-ring (bicyclic) bond motifs is 1. The zero-order valence-electron chi connectivity index (χ0n) is 14.8. The van der Waals surface area contributed by atoms with E-state index in [1.807, 2.05) is 72.8 Å². The van der Waals surface area contributed by atoms with Crippen LogP contribution in [-0.2, 0) is 9.53 Å². The first-order chi connectivity index (χ1) is 13.2. The minimum absolute atomic E-state index is 0.280. The molecule has 1 heterocycles. The number of esters is 1. The summed E-state index contributed by atoms with van der Waals surface area (Å²) in [5.74, 6) is 0.622. The third-order valence-corrected chi connectivity index (χ3v) is 4.29. The number of methoxy groups -OCH3 is 1. The van der Waals surface area contributed by atoms with Crippen LogP contribution in [0.2, 0.25) is 0 Å². The number of hydrogen-bond acceptors (Lipinski definition) is 4. The average molecular weight is 355 g/mol. The van der Waals surface area contributed by atoms with Crippen molar-refractivity contribution < 1.29 is 14.3 Å². The van der Waals surface area contributed by atoms with Crippen LogP contribution in [0.1, 0.15) is 11.1 Å². The lowest BCUT2D eigenvalue weighted by Crippen LogP contribution is -2.01. The molecule has 0 atom stereocenters. The average Bonchev–Trinajstić information content (AvgIpc) is 3.06. The van der Waals surface area contributed by atoms with Crippen LogP contribution in [0.15, 0.2) is 83.5 Å². The Balaban J connectivity index is 1.60. The minimum Gasteiger partial charge on any atom is -0.497 e. The number of cyclic esters (lactones) is 1. The van der Waals surface area contributed by atoms with Crippen LogP contribution in [0.4, 0.5) is 0 Å². The number of carbonyl (C=O) groups excluding carboxylic acids is 1. The summed E-state index contributed by atoms with van der Waals surface area (Å²) in [4.78, 5) is 16.5. The van der Waals surface area contributed by atoms with E-state index in [1.165, 1.54) is 0 Å². The monoisotopic (exact) mass is 355 g/mol. The zero-order valence-corrected chi connectivity index (χ0v) is 14.8. The van der Waals surface area contributed by atoms with Crippen molar-refractivity contribution in [2.75, 3.05) is 7.11 Å². The molecule has 0 aliphatic carbocycles. The zero-order chi connectivity index (χ0) is 18.6. The summed E-state index contributed by atoms with van der Waals surface area (Å²) in [5, 5.41) is 2.18. The van der Waals surface area contributed by atoms with Crippen LogP contribution in [0.25, 0.3) is 22.9 Å². The Morgan fingerprint density at radius 3 is 2.52 bits per heavy atom. The highest BCUT2D eigenvalue weighted by Crippen LogP contribution is 2.23. The second-order valence-corrected chi connectivity index (χ2v) is 6.04. The van der Waals surface area contributed by atoms with E-state index in [2.05, 4.69) is 4.99 Å². The molecule has 3 aromatic rings. The van der Waals surface area contributed by atoms with Gasteiger partial charge in [-0.3, -0.25) is 0 Å². The van der Waals surface area contributed by atoms with Gasteiger partial charge in [0.2, 0.25) is 5.90 Å². The molecule has 27 heavy (non-hydrogen) atoms. The summed E-state index contributed by atoms with van der Waals surface area (Å²) in [6.45, 7) is 0. The number of benzene rings is 3. The first-order valence-corrected chi connectivity index (χ1v) is 8.55. The van der Waals surface area contributed by atoms with Gasteiger partial charge in [0.15, 0.2) is 5.70 Å². The molecule has 4 nitrogen and oxygen atoms in total. The highest BCUT2D eigenvalue weighted by molar-refractivity contribution is 6.12. The van der Waals surface area contributed by atoms with Gasteiger partial charge in [-0.05, 0) is 46.2 Å². The third-order valence-electron chi connectivity index (χ3n) is 4.29. The van der Waals surface area contributed by atoms with Crippen LogP contribution in [0.3, 0.4) is 0 Å². The van der Waals surface area contributed by atoms with Crippen molar-refractivity contribution in [1.82, 2.24) is 0 Å². The number of hydrogen-bond donors (Lipinski definition) is 0. The highest BCUT2D eigenvalue weighted by atomic mass is 16.6. The molecule has 1 aliphatic rings. The first kappa shape index (κ1) is 16.8. The van der Waals surface area contributed by atoms with E-state index >= 15 is 0 Å². The van der Waals surface area contributed by atoms with Gasteiger partial charge in [0.05, 0.1) is 7.11 Å². The molecule has 4 heteroatoms. The predicted octanol–water partition coefficient (Wildman–Crippen LogP) is 4.86. The van der Waals surface area contributed by atoms with Gasteiger partial charge in [-0.1, -0.05) is 54.6 Å². The Bertz CT molecular complexity index is 1090. The van der Waals surface area contributed by atoms with Crippen molar-refractivity contribution in [3.8, 4) is 5.75 Å². The molecule has 0 saturated heterocycles. The largest absolute Gasteiger partial charge is 0.497 e. The molecule has 3 aromatic carbocycles. The third kappa shape index (κ3) is 3.65. The molecular weight excluding hydrogens is 338 g/mol. The fourth-order valence-corrected chi connectivity index (χ4v) is 2.90. The maximum atomic E-state index is 12.2. The van der Waals surface area contributed by atoms with Gasteiger partial charge in [0.25, 0.3) is 0 Å². The van der Waals surface area contributed by atoms with Gasteiger partial charge in [0.1, 0.15) is 5.75 Å². The number of rotatable bonds is 4. The van der Waals surface area contributed by atoms with Gasteiger partial charge in [-0.25, -0.2) is 9.79 Å². The summed E-state index contributed by atoms with van der Waals surface area (Å²) >= 11 is 0. The van der Waals surface area contributed by atoms with Crippen LogP contribution >= 0.6 is 0 Å². The summed E-state index contributed by atoms with van der Waals surface area (Å²) < 4.78 is 10.4. The Morgan fingerprint density at radius 1 is 0.926 bits per heavy atom. The molecular formula is C23H17NO3. The van der Waals surface area contributed by atoms with E-state index in [9.17, 15) is 4.79 Å². The lowest BCUT2D eigenvalue weighted by molar-refractivity contribution is -0.129. The molecule has 0 amide bonds. The molecule has 0 aromatic heterocycles. The molecule has 0 N–H and O–H groups in total. The number of nitrogens with zero attached hydrogens (tertiary/aromatic N) is 1. The Morgan fingerprint density at radius 2 is 1.70 bits per heavy atom. The van der Waals surface area contributed by atoms with Gasteiger partial charge in [0, 0.05) is 6.08 Å². The highest BCUT2D eigenvalue weighted by Gasteiger charge is 2.21. The standard InChI is InChI=1S/C23H17NO3/c1-26-19-12-9-16(10-13-19)11-14-22-24-21(23(25)27-22)15-18-7-4-6-17-5-2-3-8-20(17)18/h2-15H,1H3/b14-11+,21-15-. The van der Waals surface area contributed by atoms with E-state index in [1.54, 1.807) is 19.3 Å². The number of ether oxygens (including phenoxy) is 2. The molecule has 4 rings (SSSR count). The summed E-state index contributed by atoms with van der Waals surface area (Å²) in [5.41, 5.74) is 2.19. The van der Waals surface area contributed by atoms with Gasteiger partial charge in [-0.15, -0.1) is 0 Å². The van der Waals surface area contributed by atoms with Crippen molar-refractivity contribution in [1.29, 1.82) is 0 Å². The van der Waals surface area contributed by atoms with E-state index < -0.39 is 5.97 Å². The summed E-state index contributed by atoms with van der Waals surface area (Å²) in [6.07, 6.45) is 5.29. The SMILES string of the molecule is COc1ccc(/C=C/C2=NC(=C\c3cccc4ccccc34)/C(=O)O2)cc1. The molecule has 0 unspecified atom stereocenters. The van der Waals surface area contributed by atoms with Gasteiger partial charge >= 0.3 is 5.97 Å². The van der Waals surface area contributed by atoms with Crippen LogP contribution in [0.5, 0.6) is 5.75 Å². The number of aliphatic imine (C=N–C) groups is 1. The maximum absolute atomic E-state index is 12.2. The van der Waals surface area contributed by atoms with E-state index in [0.29, 0.717) is 5.70 Å². The molecule has 1 aliphatic heterocycles. The Kier molecular flexibility index (Phi) is 4.54. The maximum Gasteiger partial charge on any atom is 0.363 e. The van der Waals surface area contributed by atoms with Crippen LogP contribution < -0.4 is 4.74 Å². The lowest BCUT2D eigenvalue weighted by atomic mass is 10.0. The molecule has 0 bridgehead atoms.